The summed E-state index contributed by atoms with van der Waals surface area (Å²) >= 11 is 6.23. The van der Waals surface area contributed by atoms with Crippen molar-refractivity contribution in [3.8, 4) is 22.8 Å². The van der Waals surface area contributed by atoms with Crippen molar-refractivity contribution in [3.63, 3.8) is 0 Å². The molecule has 124 valence electrons. The van der Waals surface area contributed by atoms with E-state index in [1.165, 1.54) is 6.92 Å². The van der Waals surface area contributed by atoms with Gasteiger partial charge >= 0.3 is 0 Å². The van der Waals surface area contributed by atoms with Gasteiger partial charge in [0.2, 0.25) is 11.7 Å². The fraction of sp³-hybridized carbons (Fsp3) is 0.250. The van der Waals surface area contributed by atoms with Crippen molar-refractivity contribution in [3.05, 3.63) is 40.7 Å². The third kappa shape index (κ3) is 3.16. The molecule has 0 aliphatic rings. The Hall–Kier alpha value is -2.67. The third-order valence-corrected chi connectivity index (χ3v) is 3.98. The highest BCUT2D eigenvalue weighted by Gasteiger charge is 2.19. The summed E-state index contributed by atoms with van der Waals surface area (Å²) in [5.74, 6) is 0.739. The molecule has 0 unspecified atom stereocenters. The van der Waals surface area contributed by atoms with E-state index in [2.05, 4.69) is 20.6 Å². The number of rotatable bonds is 4. The van der Waals surface area contributed by atoms with E-state index in [0.717, 1.165) is 16.8 Å². The first kappa shape index (κ1) is 16.2. The molecule has 1 amide bonds. The Balaban J connectivity index is 1.84. The van der Waals surface area contributed by atoms with Crippen LogP contribution in [0, 0.1) is 6.92 Å². The Labute approximate surface area is 143 Å². The molecule has 0 atom stereocenters. The summed E-state index contributed by atoms with van der Waals surface area (Å²) in [6.45, 7) is 3.81. The summed E-state index contributed by atoms with van der Waals surface area (Å²) in [6, 6.07) is 7.53. The summed E-state index contributed by atoms with van der Waals surface area (Å²) in [4.78, 5) is 15.3. The van der Waals surface area contributed by atoms with Gasteiger partial charge in [0, 0.05) is 26.1 Å². The number of hydrogen-bond acceptors (Lipinski definition) is 5. The Morgan fingerprint density at radius 1 is 1.33 bits per heavy atom. The van der Waals surface area contributed by atoms with E-state index < -0.39 is 0 Å². The maximum absolute atomic E-state index is 10.9. The lowest BCUT2D eigenvalue weighted by molar-refractivity contribution is -0.119. The molecule has 1 N–H and O–H groups in total. The van der Waals surface area contributed by atoms with E-state index in [4.69, 9.17) is 16.1 Å². The van der Waals surface area contributed by atoms with Crippen molar-refractivity contribution in [2.75, 3.05) is 0 Å². The second kappa shape index (κ2) is 6.45. The lowest BCUT2D eigenvalue weighted by Crippen LogP contribution is -2.18. The highest BCUT2D eigenvalue weighted by Crippen LogP contribution is 2.30. The Kier molecular flexibility index (Phi) is 4.35. The van der Waals surface area contributed by atoms with Crippen LogP contribution in [0.1, 0.15) is 18.2 Å². The molecule has 0 fully saturated rings. The van der Waals surface area contributed by atoms with Crippen LogP contribution >= 0.6 is 11.6 Å². The first-order valence-electron chi connectivity index (χ1n) is 7.32. The van der Waals surface area contributed by atoms with Crippen LogP contribution in [0.25, 0.3) is 22.8 Å². The number of nitrogens with zero attached hydrogens (tertiary/aromatic N) is 4. The van der Waals surface area contributed by atoms with Crippen molar-refractivity contribution in [2.45, 2.75) is 20.4 Å². The van der Waals surface area contributed by atoms with Crippen molar-refractivity contribution >= 4 is 17.5 Å². The molecule has 0 saturated carbocycles. The molecule has 0 aliphatic heterocycles. The quantitative estimate of drug-likeness (QED) is 0.785. The van der Waals surface area contributed by atoms with Crippen LogP contribution in [0.15, 0.2) is 28.8 Å². The fourth-order valence-corrected chi connectivity index (χ4v) is 2.58. The molecule has 2 heterocycles. The normalized spacial score (nSPS) is 10.8. The van der Waals surface area contributed by atoms with Crippen LogP contribution < -0.4 is 5.32 Å². The molecule has 3 aromatic rings. The fourth-order valence-electron chi connectivity index (χ4n) is 2.32. The monoisotopic (exact) mass is 345 g/mol. The minimum absolute atomic E-state index is 0.0654. The summed E-state index contributed by atoms with van der Waals surface area (Å²) in [5, 5.41) is 11.5. The van der Waals surface area contributed by atoms with Gasteiger partial charge in [-0.1, -0.05) is 28.9 Å². The van der Waals surface area contributed by atoms with E-state index in [9.17, 15) is 4.79 Å². The maximum atomic E-state index is 10.9. The van der Waals surface area contributed by atoms with E-state index in [1.54, 1.807) is 11.7 Å². The number of amides is 1. The van der Waals surface area contributed by atoms with Crippen LogP contribution in [0.4, 0.5) is 0 Å². The zero-order chi connectivity index (χ0) is 17.3. The molecule has 2 aromatic heterocycles. The highest BCUT2D eigenvalue weighted by molar-refractivity contribution is 6.32. The predicted molar refractivity (Wildman–Crippen MR) is 89.2 cm³/mol. The highest BCUT2D eigenvalue weighted by atomic mass is 35.5. The van der Waals surface area contributed by atoms with Gasteiger partial charge in [-0.25, -0.2) is 0 Å². The van der Waals surface area contributed by atoms with Gasteiger partial charge in [0.25, 0.3) is 5.89 Å². The van der Waals surface area contributed by atoms with E-state index in [0.29, 0.717) is 29.0 Å². The minimum Gasteiger partial charge on any atom is -0.352 e. The first-order chi connectivity index (χ1) is 11.5. The molecule has 0 saturated heterocycles. The zero-order valence-corrected chi connectivity index (χ0v) is 14.3. The molecular formula is C16H16ClN5O2. The SMILES string of the molecule is CC(=O)NCc1ccc(-c2nc(-c3c(C)nn(C)c3Cl)no2)cc1. The standard InChI is InChI=1S/C16H16ClN5O2/c1-9-13(14(17)22(3)20-9)15-19-16(24-21-15)12-6-4-11(5-7-12)8-18-10(2)23/h4-7H,8H2,1-3H3,(H,18,23). The van der Waals surface area contributed by atoms with Gasteiger partial charge in [0.1, 0.15) is 5.15 Å². The Bertz CT molecular complexity index is 883. The number of halogens is 1. The summed E-state index contributed by atoms with van der Waals surface area (Å²) in [5.41, 5.74) is 3.18. The van der Waals surface area contributed by atoms with Gasteiger partial charge in [0.05, 0.1) is 11.3 Å². The van der Waals surface area contributed by atoms with Crippen molar-refractivity contribution in [1.29, 1.82) is 0 Å². The minimum atomic E-state index is -0.0654. The van der Waals surface area contributed by atoms with Gasteiger partial charge in [-0.2, -0.15) is 10.1 Å². The van der Waals surface area contributed by atoms with Crippen LogP contribution in [-0.4, -0.2) is 25.8 Å². The number of hydrogen-bond donors (Lipinski definition) is 1. The van der Waals surface area contributed by atoms with E-state index in [-0.39, 0.29) is 5.91 Å². The molecule has 1 aromatic carbocycles. The molecule has 0 radical (unpaired) electrons. The van der Waals surface area contributed by atoms with Crippen molar-refractivity contribution in [2.24, 2.45) is 7.05 Å². The lowest BCUT2D eigenvalue weighted by Gasteiger charge is -2.02. The number of aromatic nitrogens is 4. The second-order valence-electron chi connectivity index (χ2n) is 5.40. The van der Waals surface area contributed by atoms with Gasteiger partial charge in [0.15, 0.2) is 0 Å². The van der Waals surface area contributed by atoms with Crippen molar-refractivity contribution in [1.82, 2.24) is 25.2 Å². The summed E-state index contributed by atoms with van der Waals surface area (Å²) in [7, 11) is 1.76. The molecular weight excluding hydrogens is 330 g/mol. The Morgan fingerprint density at radius 2 is 2.04 bits per heavy atom. The molecule has 24 heavy (non-hydrogen) atoms. The molecule has 3 rings (SSSR count). The molecule has 8 heteroatoms. The average molecular weight is 346 g/mol. The molecule has 7 nitrogen and oxygen atoms in total. The predicted octanol–water partition coefficient (Wildman–Crippen LogP) is 2.74. The van der Waals surface area contributed by atoms with Crippen LogP contribution in [0.5, 0.6) is 0 Å². The third-order valence-electron chi connectivity index (χ3n) is 3.54. The van der Waals surface area contributed by atoms with Crippen LogP contribution in [0.3, 0.4) is 0 Å². The second-order valence-corrected chi connectivity index (χ2v) is 5.76. The number of benzene rings is 1. The molecule has 0 aliphatic carbocycles. The van der Waals surface area contributed by atoms with Gasteiger partial charge in [-0.3, -0.25) is 9.48 Å². The van der Waals surface area contributed by atoms with Crippen LogP contribution in [0.2, 0.25) is 5.15 Å². The Morgan fingerprint density at radius 3 is 2.62 bits per heavy atom. The van der Waals surface area contributed by atoms with Gasteiger partial charge in [-0.05, 0) is 24.6 Å². The van der Waals surface area contributed by atoms with Gasteiger partial charge in [-0.15, -0.1) is 0 Å². The zero-order valence-electron chi connectivity index (χ0n) is 13.5. The van der Waals surface area contributed by atoms with Gasteiger partial charge < -0.3 is 9.84 Å². The maximum Gasteiger partial charge on any atom is 0.258 e. The topological polar surface area (TPSA) is 85.8 Å². The van der Waals surface area contributed by atoms with E-state index in [1.807, 2.05) is 31.2 Å². The van der Waals surface area contributed by atoms with Crippen LogP contribution in [-0.2, 0) is 18.4 Å². The lowest BCUT2D eigenvalue weighted by atomic mass is 10.1. The number of carbonyl (C=O) groups is 1. The largest absolute Gasteiger partial charge is 0.352 e. The summed E-state index contributed by atoms with van der Waals surface area (Å²) in [6.07, 6.45) is 0. The summed E-state index contributed by atoms with van der Waals surface area (Å²) < 4.78 is 6.90. The first-order valence-corrected chi connectivity index (χ1v) is 7.70. The molecule has 0 spiro atoms. The number of aryl methyl sites for hydroxylation is 2. The number of carbonyl (C=O) groups excluding carboxylic acids is 1. The smallest absolute Gasteiger partial charge is 0.258 e. The average Bonchev–Trinajstić information content (AvgIpc) is 3.11. The van der Waals surface area contributed by atoms with Crippen molar-refractivity contribution < 1.29 is 9.32 Å². The van der Waals surface area contributed by atoms with E-state index >= 15 is 0 Å². The number of nitrogens with one attached hydrogen (secondary N) is 1. The molecule has 0 bridgehead atoms.